The lowest BCUT2D eigenvalue weighted by Crippen LogP contribution is -2.18. The summed E-state index contributed by atoms with van der Waals surface area (Å²) in [5, 5.41) is 10.4. The number of methoxy groups -OCH3 is 2. The maximum absolute atomic E-state index is 11.7. The minimum Gasteiger partial charge on any atom is -0.492 e. The van der Waals surface area contributed by atoms with E-state index < -0.39 is 12.3 Å². The van der Waals surface area contributed by atoms with Crippen molar-refractivity contribution in [3.63, 3.8) is 0 Å². The molecule has 0 spiro atoms. The molecule has 2 aromatic rings. The van der Waals surface area contributed by atoms with Crippen LogP contribution in [0.25, 0.3) is 6.08 Å². The number of hydrogen-bond acceptors (Lipinski definition) is 6. The molecule has 0 aromatic heterocycles. The third-order valence-electron chi connectivity index (χ3n) is 3.85. The number of aliphatic hydroxyl groups is 1. The van der Waals surface area contributed by atoms with Crippen molar-refractivity contribution in [2.24, 2.45) is 0 Å². The summed E-state index contributed by atoms with van der Waals surface area (Å²) in [6.45, 7) is 0.353. The third-order valence-corrected chi connectivity index (χ3v) is 4.65. The summed E-state index contributed by atoms with van der Waals surface area (Å²) in [7, 11) is 2.74. The number of benzene rings is 2. The molecule has 0 aliphatic carbocycles. The molecule has 1 aliphatic rings. The van der Waals surface area contributed by atoms with Crippen molar-refractivity contribution in [2.75, 3.05) is 14.2 Å². The average molecular weight is 468 g/mol. The summed E-state index contributed by atoms with van der Waals surface area (Å²) in [4.78, 5) is 11.7. The smallest absolute Gasteiger partial charge is 0.373 e. The van der Waals surface area contributed by atoms with Crippen molar-refractivity contribution >= 4 is 34.6 Å². The van der Waals surface area contributed by atoms with Crippen molar-refractivity contribution in [1.82, 2.24) is 0 Å². The summed E-state index contributed by atoms with van der Waals surface area (Å²) in [5.41, 5.74) is 2.02. The molecule has 0 saturated heterocycles. The lowest BCUT2D eigenvalue weighted by atomic mass is 10.0. The van der Waals surface area contributed by atoms with Gasteiger partial charge in [0.25, 0.3) is 0 Å². The standard InChI is InChI=1S/C19H17IO6/c1-23-17-15-12(9-14(18(21)24-2)26-19(15)22)8-13(20)16(17)25-10-11-6-4-3-5-7-11/h3-9,19,22H,10H2,1-2H3. The molecule has 0 fully saturated rings. The number of fused-ring (bicyclic) bond motifs is 1. The largest absolute Gasteiger partial charge is 0.492 e. The van der Waals surface area contributed by atoms with Crippen molar-refractivity contribution in [3.8, 4) is 11.5 Å². The molecule has 1 N–H and O–H groups in total. The summed E-state index contributed by atoms with van der Waals surface area (Å²) in [6.07, 6.45) is 0.148. The quantitative estimate of drug-likeness (QED) is 0.536. The summed E-state index contributed by atoms with van der Waals surface area (Å²) < 4.78 is 22.1. The molecule has 26 heavy (non-hydrogen) atoms. The molecule has 7 heteroatoms. The van der Waals surface area contributed by atoms with Gasteiger partial charge >= 0.3 is 5.97 Å². The fraction of sp³-hybridized carbons (Fsp3) is 0.211. The molecule has 0 bridgehead atoms. The molecule has 6 nitrogen and oxygen atoms in total. The Labute approximate surface area is 164 Å². The average Bonchev–Trinajstić information content (AvgIpc) is 2.65. The Kier molecular flexibility index (Phi) is 5.67. The van der Waals surface area contributed by atoms with E-state index in [9.17, 15) is 9.90 Å². The summed E-state index contributed by atoms with van der Waals surface area (Å²) >= 11 is 2.13. The van der Waals surface area contributed by atoms with Gasteiger partial charge in [-0.15, -0.1) is 0 Å². The van der Waals surface area contributed by atoms with Crippen molar-refractivity contribution in [1.29, 1.82) is 0 Å². The van der Waals surface area contributed by atoms with Gasteiger partial charge in [-0.3, -0.25) is 0 Å². The Morgan fingerprint density at radius 3 is 2.62 bits per heavy atom. The number of ether oxygens (including phenoxy) is 4. The van der Waals surface area contributed by atoms with Gasteiger partial charge in [0.1, 0.15) is 6.61 Å². The first-order valence-corrected chi connectivity index (χ1v) is 8.85. The summed E-state index contributed by atoms with van der Waals surface area (Å²) in [5.74, 6) is 0.153. The van der Waals surface area contributed by atoms with Crippen LogP contribution in [0.3, 0.4) is 0 Å². The van der Waals surface area contributed by atoms with E-state index in [4.69, 9.17) is 14.2 Å². The highest BCUT2D eigenvalue weighted by Crippen LogP contribution is 2.45. The van der Waals surface area contributed by atoms with Crippen molar-refractivity contribution < 1.29 is 28.8 Å². The van der Waals surface area contributed by atoms with Crippen LogP contribution in [0.15, 0.2) is 42.2 Å². The molecular weight excluding hydrogens is 451 g/mol. The highest BCUT2D eigenvalue weighted by Gasteiger charge is 2.31. The Balaban J connectivity index is 2.00. The first-order chi connectivity index (χ1) is 12.5. The second-order valence-electron chi connectivity index (χ2n) is 5.47. The van der Waals surface area contributed by atoms with Crippen LogP contribution in [0.4, 0.5) is 0 Å². The predicted octanol–water partition coefficient (Wildman–Crippen LogP) is 3.41. The van der Waals surface area contributed by atoms with Gasteiger partial charge in [-0.05, 0) is 45.9 Å². The minimum atomic E-state index is -1.37. The van der Waals surface area contributed by atoms with Crippen molar-refractivity contribution in [3.05, 3.63) is 62.4 Å². The van der Waals surface area contributed by atoms with Gasteiger partial charge in [0.05, 0.1) is 23.4 Å². The van der Waals surface area contributed by atoms with Crippen molar-refractivity contribution in [2.45, 2.75) is 12.9 Å². The van der Waals surface area contributed by atoms with E-state index >= 15 is 0 Å². The van der Waals surface area contributed by atoms with Gasteiger partial charge in [-0.25, -0.2) is 4.79 Å². The molecule has 2 aromatic carbocycles. The zero-order valence-corrected chi connectivity index (χ0v) is 16.3. The van der Waals surface area contributed by atoms with E-state index in [-0.39, 0.29) is 5.76 Å². The first kappa shape index (κ1) is 18.5. The molecule has 136 valence electrons. The normalized spacial score (nSPS) is 15.4. The molecule has 1 atom stereocenters. The predicted molar refractivity (Wildman–Crippen MR) is 103 cm³/mol. The maximum Gasteiger partial charge on any atom is 0.373 e. The third kappa shape index (κ3) is 3.63. The Morgan fingerprint density at radius 1 is 1.23 bits per heavy atom. The number of hydrogen-bond donors (Lipinski definition) is 1. The van der Waals surface area contributed by atoms with Crippen LogP contribution in [0.5, 0.6) is 11.5 Å². The molecule has 1 unspecified atom stereocenters. The van der Waals surface area contributed by atoms with Crippen LogP contribution in [0.1, 0.15) is 23.0 Å². The topological polar surface area (TPSA) is 74.2 Å². The van der Waals surface area contributed by atoms with E-state index in [2.05, 4.69) is 27.3 Å². The van der Waals surface area contributed by atoms with Crippen LogP contribution in [0.2, 0.25) is 0 Å². The minimum absolute atomic E-state index is 0.0664. The number of carbonyl (C=O) groups is 1. The maximum atomic E-state index is 11.7. The van der Waals surface area contributed by atoms with Gasteiger partial charge in [0, 0.05) is 0 Å². The molecule has 0 saturated carbocycles. The second kappa shape index (κ2) is 7.96. The molecule has 1 heterocycles. The molecule has 1 aliphatic heterocycles. The molecule has 3 rings (SSSR count). The Hall–Kier alpha value is -2.26. The summed E-state index contributed by atoms with van der Waals surface area (Å²) in [6, 6.07) is 11.5. The van der Waals surface area contributed by atoms with E-state index in [0.717, 1.165) is 9.13 Å². The van der Waals surface area contributed by atoms with Crippen LogP contribution < -0.4 is 9.47 Å². The van der Waals surface area contributed by atoms with Crippen LogP contribution >= 0.6 is 22.6 Å². The van der Waals surface area contributed by atoms with Crippen LogP contribution in [0, 0.1) is 3.57 Å². The van der Waals surface area contributed by atoms with E-state index in [1.807, 2.05) is 30.3 Å². The van der Waals surface area contributed by atoms with Gasteiger partial charge in [-0.1, -0.05) is 30.3 Å². The van der Waals surface area contributed by atoms with E-state index in [1.165, 1.54) is 20.3 Å². The highest BCUT2D eigenvalue weighted by atomic mass is 127. The van der Waals surface area contributed by atoms with Crippen LogP contribution in [-0.2, 0) is 20.9 Å². The fourth-order valence-electron chi connectivity index (χ4n) is 2.64. The number of halogens is 1. The molecular formula is C19H17IO6. The SMILES string of the molecule is COC(=O)C1=Cc2cc(I)c(OCc3ccccc3)c(OC)c2C(O)O1. The number of aliphatic hydroxyl groups excluding tert-OH is 1. The molecule has 0 radical (unpaired) electrons. The van der Waals surface area contributed by atoms with Crippen LogP contribution in [-0.4, -0.2) is 25.3 Å². The number of carbonyl (C=O) groups excluding carboxylic acids is 1. The lowest BCUT2D eigenvalue weighted by Gasteiger charge is -2.25. The van der Waals surface area contributed by atoms with Gasteiger partial charge in [-0.2, -0.15) is 0 Å². The fourth-order valence-corrected chi connectivity index (χ4v) is 3.38. The zero-order chi connectivity index (χ0) is 18.7. The van der Waals surface area contributed by atoms with Gasteiger partial charge < -0.3 is 24.1 Å². The first-order valence-electron chi connectivity index (χ1n) is 7.77. The number of esters is 1. The zero-order valence-electron chi connectivity index (χ0n) is 14.2. The van der Waals surface area contributed by atoms with E-state index in [0.29, 0.717) is 29.2 Å². The molecule has 0 amide bonds. The number of rotatable bonds is 5. The Morgan fingerprint density at radius 2 is 1.96 bits per heavy atom. The van der Waals surface area contributed by atoms with E-state index in [1.54, 1.807) is 6.07 Å². The second-order valence-corrected chi connectivity index (χ2v) is 6.63. The van der Waals surface area contributed by atoms with Gasteiger partial charge in [0.15, 0.2) is 11.5 Å². The van der Waals surface area contributed by atoms with Gasteiger partial charge in [0.2, 0.25) is 12.0 Å². The lowest BCUT2D eigenvalue weighted by molar-refractivity contribution is -0.148. The Bertz CT molecular complexity index is 847. The monoisotopic (exact) mass is 468 g/mol. The highest BCUT2D eigenvalue weighted by molar-refractivity contribution is 14.1.